The number of nitrogens with zero attached hydrogens (tertiary/aromatic N) is 1. The predicted molar refractivity (Wildman–Crippen MR) is 78.9 cm³/mol. The van der Waals surface area contributed by atoms with E-state index < -0.39 is 0 Å². The van der Waals surface area contributed by atoms with E-state index in [2.05, 4.69) is 13.8 Å². The molecule has 1 aromatic carbocycles. The Labute approximate surface area is 115 Å². The maximum absolute atomic E-state index is 11.9. The highest BCUT2D eigenvalue weighted by Gasteiger charge is 2.16. The number of ether oxygens (including phenoxy) is 1. The molecule has 0 heterocycles. The number of benzene rings is 1. The zero-order chi connectivity index (χ0) is 14.6. The minimum atomic E-state index is 0.0328. The van der Waals surface area contributed by atoms with Gasteiger partial charge in [-0.15, -0.1) is 0 Å². The highest BCUT2D eigenvalue weighted by atomic mass is 16.5. The van der Waals surface area contributed by atoms with Gasteiger partial charge in [-0.3, -0.25) is 4.79 Å². The van der Waals surface area contributed by atoms with Gasteiger partial charge in [-0.1, -0.05) is 13.8 Å². The fraction of sp³-hybridized carbons (Fsp3) is 0.533. The Hall–Kier alpha value is -1.55. The van der Waals surface area contributed by atoms with Crippen molar-refractivity contribution in [2.45, 2.75) is 33.1 Å². The molecule has 1 aromatic rings. The topological polar surface area (TPSA) is 55.6 Å². The second kappa shape index (κ2) is 6.57. The van der Waals surface area contributed by atoms with E-state index in [9.17, 15) is 4.79 Å². The summed E-state index contributed by atoms with van der Waals surface area (Å²) in [5.74, 6) is 1.24. The molecule has 0 unspecified atom stereocenters. The summed E-state index contributed by atoms with van der Waals surface area (Å²) < 4.78 is 5.41. The lowest BCUT2D eigenvalue weighted by Crippen LogP contribution is -2.28. The number of carbonyl (C=O) groups excluding carboxylic acids is 1. The Morgan fingerprint density at radius 1 is 1.42 bits per heavy atom. The average Bonchev–Trinajstić information content (AvgIpc) is 2.37. The first-order valence-corrected chi connectivity index (χ1v) is 6.57. The van der Waals surface area contributed by atoms with E-state index in [0.717, 1.165) is 22.6 Å². The summed E-state index contributed by atoms with van der Waals surface area (Å²) >= 11 is 0. The molecule has 0 bridgehead atoms. The Bertz CT molecular complexity index is 456. The molecule has 0 aliphatic carbocycles. The van der Waals surface area contributed by atoms with Crippen molar-refractivity contribution >= 4 is 11.6 Å². The number of methoxy groups -OCH3 is 1. The van der Waals surface area contributed by atoms with Crippen LogP contribution in [-0.2, 0) is 4.79 Å². The van der Waals surface area contributed by atoms with Gasteiger partial charge >= 0.3 is 0 Å². The molecule has 0 saturated heterocycles. The molecule has 0 fully saturated rings. The predicted octanol–water partition coefficient (Wildman–Crippen LogP) is 2.44. The molecule has 0 aliphatic heterocycles. The smallest absolute Gasteiger partial charge is 0.227 e. The first-order valence-electron chi connectivity index (χ1n) is 6.57. The summed E-state index contributed by atoms with van der Waals surface area (Å²) in [7, 11) is 3.46. The normalized spacial score (nSPS) is 10.7. The fourth-order valence-electron chi connectivity index (χ4n) is 2.10. The number of carbonyl (C=O) groups is 1. The molecule has 4 heteroatoms. The van der Waals surface area contributed by atoms with E-state index in [1.165, 1.54) is 0 Å². The van der Waals surface area contributed by atoms with Crippen molar-refractivity contribution in [3.8, 4) is 5.75 Å². The van der Waals surface area contributed by atoms with Crippen LogP contribution < -0.4 is 15.4 Å². The summed E-state index contributed by atoms with van der Waals surface area (Å²) in [5, 5.41) is 0. The highest BCUT2D eigenvalue weighted by Crippen LogP contribution is 2.33. The third kappa shape index (κ3) is 3.47. The molecule has 4 nitrogen and oxygen atoms in total. The Morgan fingerprint density at radius 2 is 2.05 bits per heavy atom. The van der Waals surface area contributed by atoms with Gasteiger partial charge in [0.05, 0.1) is 7.11 Å². The lowest BCUT2D eigenvalue weighted by Gasteiger charge is -2.23. The third-order valence-electron chi connectivity index (χ3n) is 3.26. The van der Waals surface area contributed by atoms with Gasteiger partial charge in [-0.25, -0.2) is 0 Å². The molecule has 19 heavy (non-hydrogen) atoms. The van der Waals surface area contributed by atoms with Crippen LogP contribution in [0.3, 0.4) is 0 Å². The van der Waals surface area contributed by atoms with Crippen molar-refractivity contribution in [3.63, 3.8) is 0 Å². The summed E-state index contributed by atoms with van der Waals surface area (Å²) in [5.41, 5.74) is 8.49. The number of hydrogen-bond donors (Lipinski definition) is 1. The van der Waals surface area contributed by atoms with Crippen LogP contribution in [0.5, 0.6) is 5.75 Å². The van der Waals surface area contributed by atoms with Crippen molar-refractivity contribution < 1.29 is 9.53 Å². The minimum Gasteiger partial charge on any atom is -0.496 e. The number of anilines is 1. The first-order chi connectivity index (χ1) is 8.92. The zero-order valence-electron chi connectivity index (χ0n) is 12.5. The van der Waals surface area contributed by atoms with Crippen molar-refractivity contribution in [3.05, 3.63) is 23.3 Å². The van der Waals surface area contributed by atoms with Gasteiger partial charge in [0.15, 0.2) is 0 Å². The van der Waals surface area contributed by atoms with Gasteiger partial charge < -0.3 is 15.4 Å². The zero-order valence-corrected chi connectivity index (χ0v) is 12.5. The maximum Gasteiger partial charge on any atom is 0.227 e. The summed E-state index contributed by atoms with van der Waals surface area (Å²) in [6.45, 7) is 6.57. The van der Waals surface area contributed by atoms with Crippen LogP contribution in [0, 0.1) is 6.92 Å². The number of nitrogens with two attached hydrogens (primary N) is 1. The number of rotatable bonds is 5. The first kappa shape index (κ1) is 15.5. The third-order valence-corrected chi connectivity index (χ3v) is 3.26. The number of amides is 1. The molecule has 1 rings (SSSR count). The summed E-state index contributed by atoms with van der Waals surface area (Å²) in [4.78, 5) is 13.6. The van der Waals surface area contributed by atoms with Gasteiger partial charge in [-0.2, -0.15) is 0 Å². The number of hydrogen-bond acceptors (Lipinski definition) is 3. The van der Waals surface area contributed by atoms with Crippen LogP contribution in [0.2, 0.25) is 0 Å². The van der Waals surface area contributed by atoms with E-state index in [-0.39, 0.29) is 5.91 Å². The minimum absolute atomic E-state index is 0.0328. The molecule has 0 spiro atoms. The lowest BCUT2D eigenvalue weighted by atomic mass is 9.98. The summed E-state index contributed by atoms with van der Waals surface area (Å²) in [6.07, 6.45) is 0.360. The molecule has 0 aliphatic rings. The monoisotopic (exact) mass is 264 g/mol. The molecular weight excluding hydrogens is 240 g/mol. The Kier molecular flexibility index (Phi) is 5.36. The highest BCUT2D eigenvalue weighted by molar-refractivity contribution is 5.94. The van der Waals surface area contributed by atoms with Crippen LogP contribution in [0.4, 0.5) is 5.69 Å². The second-order valence-electron chi connectivity index (χ2n) is 5.03. The van der Waals surface area contributed by atoms with Gasteiger partial charge in [0, 0.05) is 25.7 Å². The van der Waals surface area contributed by atoms with E-state index in [1.54, 1.807) is 19.1 Å². The van der Waals surface area contributed by atoms with E-state index in [1.807, 2.05) is 19.1 Å². The van der Waals surface area contributed by atoms with Crippen LogP contribution in [-0.4, -0.2) is 26.6 Å². The van der Waals surface area contributed by atoms with Crippen molar-refractivity contribution in [1.82, 2.24) is 0 Å². The fourth-order valence-corrected chi connectivity index (χ4v) is 2.10. The SMILES string of the molecule is COc1cc(C)c(N(C)C(=O)CCN)cc1C(C)C. The molecular formula is C15H24N2O2. The van der Waals surface area contributed by atoms with E-state index in [0.29, 0.717) is 18.9 Å². The van der Waals surface area contributed by atoms with Crippen molar-refractivity contribution in [2.24, 2.45) is 5.73 Å². The Balaban J connectivity index is 3.21. The lowest BCUT2D eigenvalue weighted by molar-refractivity contribution is -0.118. The molecule has 0 atom stereocenters. The van der Waals surface area contributed by atoms with Crippen LogP contribution in [0.15, 0.2) is 12.1 Å². The van der Waals surface area contributed by atoms with Crippen molar-refractivity contribution in [2.75, 3.05) is 25.6 Å². The van der Waals surface area contributed by atoms with Crippen LogP contribution in [0.25, 0.3) is 0 Å². The maximum atomic E-state index is 11.9. The largest absolute Gasteiger partial charge is 0.496 e. The molecule has 0 radical (unpaired) electrons. The van der Waals surface area contributed by atoms with Gasteiger partial charge in [0.2, 0.25) is 5.91 Å². The van der Waals surface area contributed by atoms with Crippen LogP contribution in [0.1, 0.15) is 37.3 Å². The van der Waals surface area contributed by atoms with Gasteiger partial charge in [-0.05, 0) is 36.1 Å². The molecule has 2 N–H and O–H groups in total. The van der Waals surface area contributed by atoms with E-state index >= 15 is 0 Å². The summed E-state index contributed by atoms with van der Waals surface area (Å²) in [6, 6.07) is 4.02. The quantitative estimate of drug-likeness (QED) is 0.888. The molecule has 0 saturated carbocycles. The number of aryl methyl sites for hydroxylation is 1. The standard InChI is InChI=1S/C15H24N2O2/c1-10(2)12-9-13(11(3)8-14(12)19-5)17(4)15(18)6-7-16/h8-10H,6-7,16H2,1-5H3. The van der Waals surface area contributed by atoms with Gasteiger partial charge in [0.1, 0.15) is 5.75 Å². The molecule has 1 amide bonds. The second-order valence-corrected chi connectivity index (χ2v) is 5.03. The van der Waals surface area contributed by atoms with Gasteiger partial charge in [0.25, 0.3) is 0 Å². The average molecular weight is 264 g/mol. The molecule has 106 valence electrons. The van der Waals surface area contributed by atoms with Crippen molar-refractivity contribution in [1.29, 1.82) is 0 Å². The Morgan fingerprint density at radius 3 is 2.53 bits per heavy atom. The molecule has 0 aromatic heterocycles. The van der Waals surface area contributed by atoms with Crippen LogP contribution >= 0.6 is 0 Å². The van der Waals surface area contributed by atoms with E-state index in [4.69, 9.17) is 10.5 Å².